The molecule has 0 bridgehead atoms. The molecule has 0 spiro atoms. The van der Waals surface area contributed by atoms with Crippen LogP contribution in [0.3, 0.4) is 0 Å². The first kappa shape index (κ1) is 17.7. The van der Waals surface area contributed by atoms with Crippen LogP contribution in [-0.4, -0.2) is 40.5 Å². The van der Waals surface area contributed by atoms with Crippen LogP contribution >= 0.6 is 0 Å². The molecule has 0 aliphatic carbocycles. The lowest BCUT2D eigenvalue weighted by Crippen LogP contribution is -2.26. The molecule has 0 radical (unpaired) electrons. The van der Waals surface area contributed by atoms with E-state index in [1.807, 2.05) is 13.8 Å². The standard InChI is InChI=1S/C15H30N6/c1-6-21(7-2)10-8-9-11(3)17-14-12(4)15(20-16)19-13(5)18-14/h11H,6-10,16H2,1-5H3,(H2,17,18,19,20). The predicted molar refractivity (Wildman–Crippen MR) is 89.4 cm³/mol. The number of hydrogen-bond acceptors (Lipinski definition) is 6. The maximum Gasteiger partial charge on any atom is 0.148 e. The van der Waals surface area contributed by atoms with E-state index in [-0.39, 0.29) is 0 Å². The van der Waals surface area contributed by atoms with Crippen molar-refractivity contribution in [3.8, 4) is 0 Å². The van der Waals surface area contributed by atoms with Crippen LogP contribution < -0.4 is 16.6 Å². The molecule has 0 saturated heterocycles. The Labute approximate surface area is 128 Å². The van der Waals surface area contributed by atoms with E-state index in [4.69, 9.17) is 5.84 Å². The second kappa shape index (κ2) is 8.79. The topological polar surface area (TPSA) is 79.1 Å². The summed E-state index contributed by atoms with van der Waals surface area (Å²) in [4.78, 5) is 11.2. The van der Waals surface area contributed by atoms with Crippen molar-refractivity contribution in [3.63, 3.8) is 0 Å². The molecule has 0 fully saturated rings. The molecule has 6 nitrogen and oxygen atoms in total. The number of aryl methyl sites for hydroxylation is 1. The fourth-order valence-electron chi connectivity index (χ4n) is 2.38. The summed E-state index contributed by atoms with van der Waals surface area (Å²) in [6, 6.07) is 0.374. The van der Waals surface area contributed by atoms with Crippen LogP contribution in [0, 0.1) is 13.8 Å². The Morgan fingerprint density at radius 2 is 1.76 bits per heavy atom. The van der Waals surface area contributed by atoms with E-state index in [9.17, 15) is 0 Å². The third-order valence-electron chi connectivity index (χ3n) is 3.78. The molecule has 0 saturated carbocycles. The summed E-state index contributed by atoms with van der Waals surface area (Å²) in [6.07, 6.45) is 2.30. The van der Waals surface area contributed by atoms with Gasteiger partial charge in [-0.1, -0.05) is 13.8 Å². The molecule has 0 aliphatic heterocycles. The predicted octanol–water partition coefficient (Wildman–Crippen LogP) is 2.30. The summed E-state index contributed by atoms with van der Waals surface area (Å²) < 4.78 is 0. The lowest BCUT2D eigenvalue weighted by atomic mass is 10.1. The van der Waals surface area contributed by atoms with Gasteiger partial charge in [-0.15, -0.1) is 0 Å². The second-order valence-corrected chi connectivity index (χ2v) is 5.45. The Hall–Kier alpha value is -1.40. The number of rotatable bonds is 9. The van der Waals surface area contributed by atoms with E-state index < -0.39 is 0 Å². The summed E-state index contributed by atoms with van der Waals surface area (Å²) in [5.41, 5.74) is 3.58. The zero-order valence-electron chi connectivity index (χ0n) is 14.0. The molecule has 1 aromatic heterocycles. The van der Waals surface area contributed by atoms with Crippen LogP contribution in [0.5, 0.6) is 0 Å². The monoisotopic (exact) mass is 294 g/mol. The van der Waals surface area contributed by atoms with Crippen LogP contribution in [0.25, 0.3) is 0 Å². The van der Waals surface area contributed by atoms with Crippen molar-refractivity contribution in [2.24, 2.45) is 5.84 Å². The zero-order valence-corrected chi connectivity index (χ0v) is 14.0. The van der Waals surface area contributed by atoms with Gasteiger partial charge in [0.25, 0.3) is 0 Å². The Morgan fingerprint density at radius 3 is 2.33 bits per heavy atom. The van der Waals surface area contributed by atoms with E-state index in [0.717, 1.165) is 37.4 Å². The van der Waals surface area contributed by atoms with E-state index in [1.54, 1.807) is 0 Å². The molecule has 21 heavy (non-hydrogen) atoms. The number of nitrogen functional groups attached to an aromatic ring is 1. The fraction of sp³-hybridized carbons (Fsp3) is 0.733. The van der Waals surface area contributed by atoms with Gasteiger partial charge >= 0.3 is 0 Å². The number of hydrazine groups is 1. The van der Waals surface area contributed by atoms with Crippen molar-refractivity contribution >= 4 is 11.6 Å². The normalized spacial score (nSPS) is 12.5. The number of anilines is 2. The number of nitrogens with zero attached hydrogens (tertiary/aromatic N) is 3. The van der Waals surface area contributed by atoms with Crippen LogP contribution in [0.2, 0.25) is 0 Å². The summed E-state index contributed by atoms with van der Waals surface area (Å²) >= 11 is 0. The first-order chi connectivity index (χ1) is 10.0. The molecular formula is C15H30N6. The van der Waals surface area contributed by atoms with Crippen LogP contribution in [0.15, 0.2) is 0 Å². The first-order valence-corrected chi connectivity index (χ1v) is 7.82. The van der Waals surface area contributed by atoms with Gasteiger partial charge in [0.05, 0.1) is 0 Å². The largest absolute Gasteiger partial charge is 0.367 e. The van der Waals surface area contributed by atoms with Crippen molar-refractivity contribution in [3.05, 3.63) is 11.4 Å². The highest BCUT2D eigenvalue weighted by molar-refractivity contribution is 5.56. The molecule has 1 unspecified atom stereocenters. The Bertz CT molecular complexity index is 430. The van der Waals surface area contributed by atoms with E-state index >= 15 is 0 Å². The van der Waals surface area contributed by atoms with Gasteiger partial charge in [-0.3, -0.25) is 0 Å². The third kappa shape index (κ3) is 5.47. The van der Waals surface area contributed by atoms with Crippen molar-refractivity contribution in [2.75, 3.05) is 30.4 Å². The third-order valence-corrected chi connectivity index (χ3v) is 3.78. The maximum atomic E-state index is 5.49. The number of aromatic nitrogens is 2. The first-order valence-electron chi connectivity index (χ1n) is 7.82. The molecule has 120 valence electrons. The molecule has 0 amide bonds. The minimum absolute atomic E-state index is 0.374. The molecule has 4 N–H and O–H groups in total. The molecule has 0 aliphatic rings. The Morgan fingerprint density at radius 1 is 1.14 bits per heavy atom. The summed E-state index contributed by atoms with van der Waals surface area (Å²) in [5, 5.41) is 3.47. The van der Waals surface area contributed by atoms with Crippen LogP contribution in [0.1, 0.15) is 45.0 Å². The maximum absolute atomic E-state index is 5.49. The van der Waals surface area contributed by atoms with Gasteiger partial charge in [0.1, 0.15) is 17.5 Å². The molecule has 0 aromatic carbocycles. The van der Waals surface area contributed by atoms with Crippen molar-refractivity contribution < 1.29 is 0 Å². The minimum Gasteiger partial charge on any atom is -0.367 e. The van der Waals surface area contributed by atoms with Crippen LogP contribution in [0.4, 0.5) is 11.6 Å². The van der Waals surface area contributed by atoms with E-state index in [1.165, 1.54) is 6.42 Å². The number of nitrogens with one attached hydrogen (secondary N) is 2. The molecule has 6 heteroatoms. The lowest BCUT2D eigenvalue weighted by molar-refractivity contribution is 0.295. The van der Waals surface area contributed by atoms with E-state index in [0.29, 0.717) is 17.7 Å². The van der Waals surface area contributed by atoms with Crippen molar-refractivity contribution in [2.45, 2.75) is 53.5 Å². The minimum atomic E-state index is 0.374. The number of nitrogens with two attached hydrogens (primary N) is 1. The second-order valence-electron chi connectivity index (χ2n) is 5.45. The molecular weight excluding hydrogens is 264 g/mol. The SMILES string of the molecule is CCN(CC)CCCC(C)Nc1nc(C)nc(NN)c1C. The Balaban J connectivity index is 2.55. The zero-order chi connectivity index (χ0) is 15.8. The van der Waals surface area contributed by atoms with Gasteiger partial charge < -0.3 is 15.6 Å². The highest BCUT2D eigenvalue weighted by Gasteiger charge is 2.11. The average molecular weight is 294 g/mol. The Kier molecular flexibility index (Phi) is 7.39. The van der Waals surface area contributed by atoms with Gasteiger partial charge in [-0.05, 0) is 53.2 Å². The molecule has 1 rings (SSSR count). The van der Waals surface area contributed by atoms with Crippen molar-refractivity contribution in [1.82, 2.24) is 14.9 Å². The van der Waals surface area contributed by atoms with Gasteiger partial charge in [0.2, 0.25) is 0 Å². The van der Waals surface area contributed by atoms with Gasteiger partial charge in [-0.25, -0.2) is 15.8 Å². The lowest BCUT2D eigenvalue weighted by Gasteiger charge is -2.21. The molecule has 1 atom stereocenters. The van der Waals surface area contributed by atoms with Gasteiger partial charge in [0, 0.05) is 11.6 Å². The molecule has 1 aromatic rings. The summed E-state index contributed by atoms with van der Waals surface area (Å²) in [7, 11) is 0. The number of hydrogen-bond donors (Lipinski definition) is 3. The van der Waals surface area contributed by atoms with Crippen LogP contribution in [-0.2, 0) is 0 Å². The van der Waals surface area contributed by atoms with Gasteiger partial charge in [-0.2, -0.15) is 0 Å². The smallest absolute Gasteiger partial charge is 0.148 e. The van der Waals surface area contributed by atoms with E-state index in [2.05, 4.69) is 46.4 Å². The van der Waals surface area contributed by atoms with Gasteiger partial charge in [0.15, 0.2) is 0 Å². The fourth-order valence-corrected chi connectivity index (χ4v) is 2.38. The summed E-state index contributed by atoms with van der Waals surface area (Å²) in [6.45, 7) is 13.8. The highest BCUT2D eigenvalue weighted by Crippen LogP contribution is 2.20. The van der Waals surface area contributed by atoms with Crippen molar-refractivity contribution in [1.29, 1.82) is 0 Å². The summed E-state index contributed by atoms with van der Waals surface area (Å²) in [5.74, 6) is 7.75. The molecule has 1 heterocycles. The highest BCUT2D eigenvalue weighted by atomic mass is 15.3. The average Bonchev–Trinajstić information content (AvgIpc) is 2.47. The quantitative estimate of drug-likeness (QED) is 0.479.